The van der Waals surface area contributed by atoms with E-state index >= 15 is 0 Å². The van der Waals surface area contributed by atoms with Crippen LogP contribution in [-0.4, -0.2) is 17.5 Å². The van der Waals surface area contributed by atoms with Gasteiger partial charge in [0.25, 0.3) is 0 Å². The highest BCUT2D eigenvalue weighted by Gasteiger charge is 2.18. The Balaban J connectivity index is 3.63. The molecule has 0 aliphatic carbocycles. The van der Waals surface area contributed by atoms with Crippen molar-refractivity contribution in [2.75, 3.05) is 0 Å². The molecule has 0 heterocycles. The Morgan fingerprint density at radius 2 is 1.65 bits per heavy atom. The first kappa shape index (κ1) is 16.6. The predicted octanol–water partition coefficient (Wildman–Crippen LogP) is 3.96. The standard InChI is InChI=1S/C15H30O2/c1-4-5-6-7-8-9-10-14(12-16)15(17)11-13(2)3/h12-15,17H,4-11H2,1-3H3/t14-,15+/m0/s1. The molecule has 0 aromatic heterocycles. The van der Waals surface area contributed by atoms with Gasteiger partial charge in [-0.3, -0.25) is 0 Å². The van der Waals surface area contributed by atoms with Crippen LogP contribution in [-0.2, 0) is 4.79 Å². The molecule has 0 spiro atoms. The highest BCUT2D eigenvalue weighted by atomic mass is 16.3. The second-order valence-electron chi connectivity index (χ2n) is 5.55. The van der Waals surface area contributed by atoms with Gasteiger partial charge in [-0.2, -0.15) is 0 Å². The second-order valence-corrected chi connectivity index (χ2v) is 5.55. The summed E-state index contributed by atoms with van der Waals surface area (Å²) in [6, 6.07) is 0. The number of aldehydes is 1. The molecular weight excluding hydrogens is 212 g/mol. The maximum absolute atomic E-state index is 10.9. The SMILES string of the molecule is CCCCCCCC[C@@H](C=O)[C@H](O)CC(C)C. The molecule has 0 bridgehead atoms. The van der Waals surface area contributed by atoms with Crippen LogP contribution in [0.15, 0.2) is 0 Å². The van der Waals surface area contributed by atoms with E-state index in [0.717, 1.165) is 25.5 Å². The third kappa shape index (κ3) is 9.34. The normalized spacial score (nSPS) is 14.9. The molecule has 0 fully saturated rings. The van der Waals surface area contributed by atoms with Gasteiger partial charge in [0.05, 0.1) is 6.10 Å². The molecule has 0 aromatic carbocycles. The van der Waals surface area contributed by atoms with Gasteiger partial charge >= 0.3 is 0 Å². The number of aliphatic hydroxyl groups is 1. The Morgan fingerprint density at radius 3 is 2.18 bits per heavy atom. The molecule has 1 N–H and O–H groups in total. The highest BCUT2D eigenvalue weighted by Crippen LogP contribution is 2.18. The van der Waals surface area contributed by atoms with Crippen molar-refractivity contribution in [3.63, 3.8) is 0 Å². The van der Waals surface area contributed by atoms with Gasteiger partial charge in [-0.05, 0) is 18.8 Å². The molecule has 0 aromatic rings. The first-order chi connectivity index (χ1) is 8.11. The fraction of sp³-hybridized carbons (Fsp3) is 0.933. The van der Waals surface area contributed by atoms with Gasteiger partial charge in [-0.1, -0.05) is 59.3 Å². The predicted molar refractivity (Wildman–Crippen MR) is 73.0 cm³/mol. The van der Waals surface area contributed by atoms with Gasteiger partial charge < -0.3 is 9.90 Å². The summed E-state index contributed by atoms with van der Waals surface area (Å²) in [6.07, 6.45) is 9.50. The molecule has 0 radical (unpaired) electrons. The zero-order chi connectivity index (χ0) is 13.1. The first-order valence-electron chi connectivity index (χ1n) is 7.25. The van der Waals surface area contributed by atoms with Crippen molar-refractivity contribution < 1.29 is 9.90 Å². The van der Waals surface area contributed by atoms with Gasteiger partial charge in [-0.25, -0.2) is 0 Å². The molecule has 0 rings (SSSR count). The van der Waals surface area contributed by atoms with Crippen LogP contribution in [0.25, 0.3) is 0 Å². The lowest BCUT2D eigenvalue weighted by Crippen LogP contribution is -2.23. The van der Waals surface area contributed by atoms with E-state index in [0.29, 0.717) is 5.92 Å². The Kier molecular flexibility index (Phi) is 10.5. The average Bonchev–Trinajstić information content (AvgIpc) is 2.27. The molecule has 0 saturated carbocycles. The topological polar surface area (TPSA) is 37.3 Å². The zero-order valence-electron chi connectivity index (χ0n) is 11.8. The van der Waals surface area contributed by atoms with Gasteiger partial charge in [-0.15, -0.1) is 0 Å². The second kappa shape index (κ2) is 10.8. The molecule has 17 heavy (non-hydrogen) atoms. The molecule has 0 amide bonds. The summed E-state index contributed by atoms with van der Waals surface area (Å²) in [5.74, 6) is 0.306. The quantitative estimate of drug-likeness (QED) is 0.440. The van der Waals surface area contributed by atoms with Crippen LogP contribution in [0.5, 0.6) is 0 Å². The summed E-state index contributed by atoms with van der Waals surface area (Å²) in [5, 5.41) is 9.89. The van der Waals surface area contributed by atoms with E-state index in [1.807, 2.05) is 0 Å². The van der Waals surface area contributed by atoms with Gasteiger partial charge in [0.1, 0.15) is 6.29 Å². The van der Waals surface area contributed by atoms with Crippen LogP contribution in [0, 0.1) is 11.8 Å². The lowest BCUT2D eigenvalue weighted by Gasteiger charge is -2.19. The van der Waals surface area contributed by atoms with Gasteiger partial charge in [0, 0.05) is 5.92 Å². The number of rotatable bonds is 11. The summed E-state index contributed by atoms with van der Waals surface area (Å²) in [5.41, 5.74) is 0. The maximum atomic E-state index is 10.9. The molecular formula is C15H30O2. The minimum atomic E-state index is -0.442. The zero-order valence-corrected chi connectivity index (χ0v) is 11.8. The monoisotopic (exact) mass is 242 g/mol. The number of carbonyl (C=O) groups excluding carboxylic acids is 1. The number of hydrogen-bond acceptors (Lipinski definition) is 2. The van der Waals surface area contributed by atoms with Crippen molar-refractivity contribution >= 4 is 6.29 Å². The van der Waals surface area contributed by atoms with E-state index in [1.54, 1.807) is 0 Å². The highest BCUT2D eigenvalue weighted by molar-refractivity contribution is 5.54. The van der Waals surface area contributed by atoms with Crippen molar-refractivity contribution in [3.05, 3.63) is 0 Å². The molecule has 0 unspecified atom stereocenters. The van der Waals surface area contributed by atoms with E-state index in [2.05, 4.69) is 20.8 Å². The summed E-state index contributed by atoms with van der Waals surface area (Å²) in [7, 11) is 0. The van der Waals surface area contributed by atoms with E-state index in [4.69, 9.17) is 0 Å². The molecule has 0 aliphatic rings. The fourth-order valence-electron chi connectivity index (χ4n) is 2.17. The summed E-state index contributed by atoms with van der Waals surface area (Å²) in [6.45, 7) is 6.37. The number of aliphatic hydroxyl groups excluding tert-OH is 1. The minimum Gasteiger partial charge on any atom is -0.392 e. The molecule has 2 nitrogen and oxygen atoms in total. The van der Waals surface area contributed by atoms with Crippen LogP contribution in [0.1, 0.15) is 72.1 Å². The van der Waals surface area contributed by atoms with Gasteiger partial charge in [0.2, 0.25) is 0 Å². The van der Waals surface area contributed by atoms with Crippen LogP contribution in [0.4, 0.5) is 0 Å². The molecule has 2 atom stereocenters. The van der Waals surface area contributed by atoms with Gasteiger partial charge in [0.15, 0.2) is 0 Å². The Bertz CT molecular complexity index is 178. The van der Waals surface area contributed by atoms with Crippen LogP contribution in [0.2, 0.25) is 0 Å². The molecule has 0 aliphatic heterocycles. The minimum absolute atomic E-state index is 0.149. The molecule has 0 saturated heterocycles. The Labute approximate surface area is 107 Å². The summed E-state index contributed by atoms with van der Waals surface area (Å²) >= 11 is 0. The third-order valence-electron chi connectivity index (χ3n) is 3.27. The van der Waals surface area contributed by atoms with Crippen LogP contribution >= 0.6 is 0 Å². The number of carbonyl (C=O) groups is 1. The third-order valence-corrected chi connectivity index (χ3v) is 3.27. The first-order valence-corrected chi connectivity index (χ1v) is 7.25. The number of hydrogen-bond donors (Lipinski definition) is 1. The lowest BCUT2D eigenvalue weighted by molar-refractivity contribution is -0.114. The van der Waals surface area contributed by atoms with Crippen molar-refractivity contribution in [2.24, 2.45) is 11.8 Å². The van der Waals surface area contributed by atoms with E-state index < -0.39 is 6.10 Å². The van der Waals surface area contributed by atoms with Crippen molar-refractivity contribution in [3.8, 4) is 0 Å². The van der Waals surface area contributed by atoms with Crippen molar-refractivity contribution in [1.82, 2.24) is 0 Å². The van der Waals surface area contributed by atoms with Crippen molar-refractivity contribution in [2.45, 2.75) is 78.2 Å². The van der Waals surface area contributed by atoms with E-state index in [-0.39, 0.29) is 5.92 Å². The fourth-order valence-corrected chi connectivity index (χ4v) is 2.17. The Morgan fingerprint density at radius 1 is 1.06 bits per heavy atom. The summed E-state index contributed by atoms with van der Waals surface area (Å²) < 4.78 is 0. The maximum Gasteiger partial charge on any atom is 0.125 e. The van der Waals surface area contributed by atoms with E-state index in [1.165, 1.54) is 32.1 Å². The lowest BCUT2D eigenvalue weighted by atomic mass is 9.91. The summed E-state index contributed by atoms with van der Waals surface area (Å²) in [4.78, 5) is 10.9. The van der Waals surface area contributed by atoms with Crippen molar-refractivity contribution in [1.29, 1.82) is 0 Å². The van der Waals surface area contributed by atoms with E-state index in [9.17, 15) is 9.90 Å². The smallest absolute Gasteiger partial charge is 0.125 e. The largest absolute Gasteiger partial charge is 0.392 e. The molecule has 102 valence electrons. The average molecular weight is 242 g/mol. The van der Waals surface area contributed by atoms with Crippen LogP contribution < -0.4 is 0 Å². The van der Waals surface area contributed by atoms with Crippen LogP contribution in [0.3, 0.4) is 0 Å². The number of unbranched alkanes of at least 4 members (excludes halogenated alkanes) is 5. The molecule has 2 heteroatoms. The Hall–Kier alpha value is -0.370.